The highest BCUT2D eigenvalue weighted by Gasteiger charge is 2.42. The monoisotopic (exact) mass is 575 g/mol. The third kappa shape index (κ3) is 8.97. The van der Waals surface area contributed by atoms with Gasteiger partial charge in [0.05, 0.1) is 25.1 Å². The second-order valence-electron chi connectivity index (χ2n) is 10.6. The zero-order chi connectivity index (χ0) is 29.7. The van der Waals surface area contributed by atoms with E-state index in [9.17, 15) is 14.4 Å². The lowest BCUT2D eigenvalue weighted by Crippen LogP contribution is -2.56. The van der Waals surface area contributed by atoms with Gasteiger partial charge in [0.1, 0.15) is 12.1 Å². The summed E-state index contributed by atoms with van der Waals surface area (Å²) in [5.74, 6) is -1.06. The fourth-order valence-corrected chi connectivity index (χ4v) is 5.05. The van der Waals surface area contributed by atoms with Crippen LogP contribution in [0.2, 0.25) is 0 Å². The van der Waals surface area contributed by atoms with E-state index in [0.29, 0.717) is 31.8 Å². The molecule has 7 N–H and O–H groups in total. The first kappa shape index (κ1) is 30.9. The van der Waals surface area contributed by atoms with Crippen LogP contribution < -0.4 is 22.1 Å². The van der Waals surface area contributed by atoms with Gasteiger partial charge in [0.25, 0.3) is 0 Å². The minimum Gasteiger partial charge on any atom is -0.372 e. The van der Waals surface area contributed by atoms with Gasteiger partial charge in [0, 0.05) is 44.2 Å². The van der Waals surface area contributed by atoms with Crippen LogP contribution in [0, 0.1) is 0 Å². The molecule has 42 heavy (non-hydrogen) atoms. The van der Waals surface area contributed by atoms with E-state index in [1.165, 1.54) is 6.33 Å². The fourth-order valence-electron chi connectivity index (χ4n) is 5.05. The maximum absolute atomic E-state index is 14.1. The second-order valence-corrected chi connectivity index (χ2v) is 10.6. The first-order valence-corrected chi connectivity index (χ1v) is 14.5. The van der Waals surface area contributed by atoms with Crippen molar-refractivity contribution in [2.45, 2.75) is 62.9 Å². The van der Waals surface area contributed by atoms with Crippen molar-refractivity contribution in [1.29, 1.82) is 0 Å². The van der Waals surface area contributed by atoms with Gasteiger partial charge in [-0.25, -0.2) is 4.98 Å². The van der Waals surface area contributed by atoms with Gasteiger partial charge in [-0.1, -0.05) is 60.7 Å². The molecule has 0 radical (unpaired) electrons. The molecule has 1 aliphatic heterocycles. The molecule has 224 valence electrons. The Kier molecular flexibility index (Phi) is 11.6. The Bertz CT molecular complexity index is 1260. The van der Waals surface area contributed by atoms with Gasteiger partial charge in [0.2, 0.25) is 17.7 Å². The van der Waals surface area contributed by atoms with Crippen LogP contribution in [0.15, 0.2) is 73.2 Å². The summed E-state index contributed by atoms with van der Waals surface area (Å²) in [6.07, 6.45) is 5.17. The molecule has 1 unspecified atom stereocenters. The number of nitrogens with zero attached hydrogens (tertiary/aromatic N) is 2. The number of hydrogen-bond acceptors (Lipinski definition) is 7. The SMILES string of the molecule is NCCCCNC(=O)C1C[C@H](OCc2ccccc2)CN1C(=O)[C@@H](Cc1ccccc1)NC(=O)[C@@H](N)Cc1cnc[nH]1. The molecule has 3 aromatic rings. The number of H-pyrrole nitrogens is 1. The number of amides is 3. The van der Waals surface area contributed by atoms with Gasteiger partial charge in [-0.05, 0) is 30.5 Å². The number of unbranched alkanes of at least 4 members (excludes halogenated alkanes) is 1. The summed E-state index contributed by atoms with van der Waals surface area (Å²) in [4.78, 5) is 49.1. The quantitative estimate of drug-likeness (QED) is 0.169. The number of carbonyl (C=O) groups excluding carboxylic acids is 3. The van der Waals surface area contributed by atoms with E-state index in [2.05, 4.69) is 20.6 Å². The molecule has 0 saturated carbocycles. The number of carbonyl (C=O) groups is 3. The van der Waals surface area contributed by atoms with Crippen molar-refractivity contribution in [3.63, 3.8) is 0 Å². The van der Waals surface area contributed by atoms with Crippen molar-refractivity contribution in [2.75, 3.05) is 19.6 Å². The lowest BCUT2D eigenvalue weighted by atomic mass is 10.0. The van der Waals surface area contributed by atoms with Crippen molar-refractivity contribution < 1.29 is 19.1 Å². The fraction of sp³-hybridized carbons (Fsp3) is 0.419. The highest BCUT2D eigenvalue weighted by molar-refractivity contribution is 5.93. The van der Waals surface area contributed by atoms with Crippen molar-refractivity contribution in [3.05, 3.63) is 90.0 Å². The van der Waals surface area contributed by atoms with Gasteiger partial charge in [-0.15, -0.1) is 0 Å². The predicted octanol–water partition coefficient (Wildman–Crippen LogP) is 1.05. The standard InChI is InChI=1S/C31H41N7O4/c32-13-7-8-14-35-30(40)28-17-25(42-20-23-11-5-2-6-12-23)19-38(28)31(41)27(15-22-9-3-1-4-10-22)37-29(39)26(33)16-24-18-34-21-36-24/h1-6,9-12,18,21,25-28H,7-8,13-17,19-20,32-33H2,(H,34,36)(H,35,40)(H,37,39)/t25-,26-,27+,28?/m0/s1. The molecule has 1 saturated heterocycles. The number of aromatic nitrogens is 2. The number of nitrogens with one attached hydrogen (secondary N) is 3. The summed E-state index contributed by atoms with van der Waals surface area (Å²) in [6.45, 7) is 1.61. The van der Waals surface area contributed by atoms with Gasteiger partial charge in [-0.3, -0.25) is 14.4 Å². The van der Waals surface area contributed by atoms with Gasteiger partial charge >= 0.3 is 0 Å². The van der Waals surface area contributed by atoms with Crippen LogP contribution in [-0.2, 0) is 38.6 Å². The normalized spacial score (nSPS) is 17.9. The molecule has 1 aromatic heterocycles. The number of rotatable bonds is 15. The van der Waals surface area contributed by atoms with Crippen molar-refractivity contribution in [2.24, 2.45) is 11.5 Å². The molecule has 1 aliphatic rings. The Hall–Kier alpha value is -4.06. The van der Waals surface area contributed by atoms with Crippen LogP contribution in [0.1, 0.15) is 36.1 Å². The van der Waals surface area contributed by atoms with E-state index < -0.39 is 24.0 Å². The Morgan fingerprint density at radius 1 is 1.02 bits per heavy atom. The third-order valence-corrected chi connectivity index (χ3v) is 7.34. The van der Waals surface area contributed by atoms with E-state index in [-0.39, 0.29) is 37.3 Å². The summed E-state index contributed by atoms with van der Waals surface area (Å²) in [6, 6.07) is 16.6. The summed E-state index contributed by atoms with van der Waals surface area (Å²) >= 11 is 0. The first-order valence-electron chi connectivity index (χ1n) is 14.5. The highest BCUT2D eigenvalue weighted by Crippen LogP contribution is 2.24. The summed E-state index contributed by atoms with van der Waals surface area (Å²) in [5, 5.41) is 5.82. The van der Waals surface area contributed by atoms with Gasteiger partial charge in [0.15, 0.2) is 0 Å². The largest absolute Gasteiger partial charge is 0.372 e. The molecular weight excluding hydrogens is 534 g/mol. The minimum atomic E-state index is -0.923. The van der Waals surface area contributed by atoms with Gasteiger partial charge < -0.3 is 36.7 Å². The van der Waals surface area contributed by atoms with Crippen LogP contribution in [0.3, 0.4) is 0 Å². The predicted molar refractivity (Wildman–Crippen MR) is 159 cm³/mol. The van der Waals surface area contributed by atoms with E-state index in [1.807, 2.05) is 60.7 Å². The summed E-state index contributed by atoms with van der Waals surface area (Å²) in [7, 11) is 0. The van der Waals surface area contributed by atoms with E-state index in [0.717, 1.165) is 24.0 Å². The molecule has 11 heteroatoms. The zero-order valence-electron chi connectivity index (χ0n) is 23.8. The van der Waals surface area contributed by atoms with Crippen molar-refractivity contribution in [1.82, 2.24) is 25.5 Å². The molecule has 4 rings (SSSR count). The minimum absolute atomic E-state index is 0.230. The van der Waals surface area contributed by atoms with Crippen LogP contribution >= 0.6 is 0 Å². The van der Waals surface area contributed by atoms with Gasteiger partial charge in [-0.2, -0.15) is 0 Å². The Morgan fingerprint density at radius 2 is 1.74 bits per heavy atom. The zero-order valence-corrected chi connectivity index (χ0v) is 23.8. The van der Waals surface area contributed by atoms with E-state index in [1.54, 1.807) is 11.1 Å². The molecule has 0 spiro atoms. The Morgan fingerprint density at radius 3 is 2.40 bits per heavy atom. The number of benzene rings is 2. The number of imidazole rings is 1. The molecule has 4 atom stereocenters. The molecular formula is C31H41N7O4. The van der Waals surface area contributed by atoms with Crippen LogP contribution in [-0.4, -0.2) is 76.5 Å². The molecule has 2 heterocycles. The number of nitrogens with two attached hydrogens (primary N) is 2. The Balaban J connectivity index is 1.50. The van der Waals surface area contributed by atoms with Crippen LogP contribution in [0.5, 0.6) is 0 Å². The molecule has 11 nitrogen and oxygen atoms in total. The first-order chi connectivity index (χ1) is 20.4. The second kappa shape index (κ2) is 15.8. The van der Waals surface area contributed by atoms with Crippen molar-refractivity contribution in [3.8, 4) is 0 Å². The van der Waals surface area contributed by atoms with Crippen LogP contribution in [0.25, 0.3) is 0 Å². The third-order valence-electron chi connectivity index (χ3n) is 7.34. The van der Waals surface area contributed by atoms with E-state index >= 15 is 0 Å². The lowest BCUT2D eigenvalue weighted by Gasteiger charge is -2.29. The molecule has 3 amide bonds. The smallest absolute Gasteiger partial charge is 0.246 e. The average Bonchev–Trinajstić information content (AvgIpc) is 3.69. The van der Waals surface area contributed by atoms with Crippen molar-refractivity contribution >= 4 is 17.7 Å². The maximum Gasteiger partial charge on any atom is 0.246 e. The Labute approximate surface area is 246 Å². The van der Waals surface area contributed by atoms with Crippen LogP contribution in [0.4, 0.5) is 0 Å². The number of aromatic amines is 1. The number of hydrogen-bond donors (Lipinski definition) is 5. The van der Waals surface area contributed by atoms with E-state index in [4.69, 9.17) is 16.2 Å². The average molecular weight is 576 g/mol. The number of ether oxygens (including phenoxy) is 1. The molecule has 0 aliphatic carbocycles. The molecule has 1 fully saturated rings. The molecule has 0 bridgehead atoms. The topological polar surface area (TPSA) is 168 Å². The summed E-state index contributed by atoms with van der Waals surface area (Å²) in [5.41, 5.74) is 14.4. The maximum atomic E-state index is 14.1. The lowest BCUT2D eigenvalue weighted by molar-refractivity contribution is -0.141. The number of likely N-dealkylation sites (tertiary alicyclic amines) is 1. The molecule has 2 aromatic carbocycles. The summed E-state index contributed by atoms with van der Waals surface area (Å²) < 4.78 is 6.16. The highest BCUT2D eigenvalue weighted by atomic mass is 16.5.